The number of pyridine rings is 2. The Kier molecular flexibility index (Phi) is 20.5. The van der Waals surface area contributed by atoms with E-state index in [0.29, 0.717) is 0 Å². The van der Waals surface area contributed by atoms with Crippen LogP contribution >= 0.6 is 0 Å². The molecule has 0 radical (unpaired) electrons. The van der Waals surface area contributed by atoms with E-state index in [1.807, 2.05) is 24.5 Å². The third-order valence-electron chi connectivity index (χ3n) is 21.0. The molecule has 5 atom stereocenters. The molecule has 12 aromatic rings. The fourth-order valence-electron chi connectivity index (χ4n) is 15.0. The first-order chi connectivity index (χ1) is 50.2. The van der Waals surface area contributed by atoms with Crippen LogP contribution in [0.2, 0.25) is 0 Å². The van der Waals surface area contributed by atoms with Gasteiger partial charge in [-0.25, -0.2) is 19.9 Å². The maximum absolute atomic E-state index is 4.54. The first kappa shape index (κ1) is 70.8. The quantitative estimate of drug-likeness (QED) is 0.152. The van der Waals surface area contributed by atoms with Crippen molar-refractivity contribution in [1.29, 1.82) is 0 Å². The van der Waals surface area contributed by atoms with E-state index < -0.39 is 0 Å². The van der Waals surface area contributed by atoms with Crippen molar-refractivity contribution >= 4 is 97.2 Å². The highest BCUT2D eigenvalue weighted by Gasteiger charge is 2.40. The summed E-state index contributed by atoms with van der Waals surface area (Å²) in [6.07, 6.45) is 8.43. The molecular formula is C90H98N14. The molecule has 5 aliphatic heterocycles. The summed E-state index contributed by atoms with van der Waals surface area (Å²) in [5, 5.41) is 0. The molecule has 0 saturated carbocycles. The standard InChI is InChI=1S/C25H28N2.C21H20N2.2C15H17N3.C14H16N4/c1-18-11-9-10-14-22(18)27-19(2)26(21-12-7-6-8-13-21)23-16-15-20(17-24(23)27)25(3,4)5;1-16-10-6-7-13-19(16)23-17(2)22(18-11-4-3-5-12-18)20-14-8-9-15-21(20)23;1-11-7-4-5-8-13(11)18-12(2)17(3)15-14(18)9-6-10-16-15;1-11-7-4-5-8-13(11)18-12(2)17(3)14-9-6-10-16-15(14)18;1-10-6-4-5-7-12(10)18-11(2)17(3)13-14(18)16-9-8-15-13/h6-17,19H,1-5H3;3-15,17H,1-2H3;2*4-10,12H,1-3H3;4-9,11H,1-3H3. The Bertz CT molecular complexity index is 4690. The molecule has 0 spiro atoms. The number of para-hydroxylation sites is 9. The van der Waals surface area contributed by atoms with E-state index >= 15 is 0 Å². The van der Waals surface area contributed by atoms with Gasteiger partial charge in [-0.1, -0.05) is 166 Å². The lowest BCUT2D eigenvalue weighted by Crippen LogP contribution is -2.36. The van der Waals surface area contributed by atoms with Crippen molar-refractivity contribution in [2.75, 3.05) is 70.1 Å². The fourth-order valence-corrected chi connectivity index (χ4v) is 15.0. The molecule has 0 bridgehead atoms. The van der Waals surface area contributed by atoms with Crippen molar-refractivity contribution in [2.45, 2.75) is 126 Å². The van der Waals surface area contributed by atoms with Gasteiger partial charge in [0.2, 0.25) is 0 Å². The molecule has 5 aliphatic rings. The van der Waals surface area contributed by atoms with E-state index in [9.17, 15) is 0 Å². The van der Waals surface area contributed by atoms with Crippen LogP contribution in [0.15, 0.2) is 274 Å². The zero-order valence-corrected chi connectivity index (χ0v) is 63.1. The second-order valence-electron chi connectivity index (χ2n) is 28.5. The average molecular weight is 1380 g/mol. The molecule has 0 N–H and O–H groups in total. The minimum absolute atomic E-state index is 0.121. The van der Waals surface area contributed by atoms with Crippen molar-refractivity contribution in [3.05, 3.63) is 307 Å². The van der Waals surface area contributed by atoms with Crippen LogP contribution < -0.4 is 49.0 Å². The van der Waals surface area contributed by atoms with Gasteiger partial charge in [-0.15, -0.1) is 0 Å². The largest absolute Gasteiger partial charge is 0.351 e. The number of aryl methyl sites for hydroxylation is 5. The summed E-state index contributed by atoms with van der Waals surface area (Å²) in [6, 6.07) is 87.7. The lowest BCUT2D eigenvalue weighted by atomic mass is 9.86. The van der Waals surface area contributed by atoms with Crippen LogP contribution in [0.1, 0.15) is 88.8 Å². The summed E-state index contributed by atoms with van der Waals surface area (Å²) in [7, 11) is 6.26. The van der Waals surface area contributed by atoms with Crippen molar-refractivity contribution in [3.8, 4) is 0 Å². The van der Waals surface area contributed by atoms with E-state index in [-0.39, 0.29) is 36.2 Å². The normalized spacial score (nSPS) is 17.3. The van der Waals surface area contributed by atoms with Crippen LogP contribution in [0.3, 0.4) is 0 Å². The molecule has 0 fully saturated rings. The number of hydrogen-bond donors (Lipinski definition) is 0. The van der Waals surface area contributed by atoms with Crippen molar-refractivity contribution < 1.29 is 0 Å². The first-order valence-corrected chi connectivity index (χ1v) is 36.3. The molecule has 8 heterocycles. The number of rotatable bonds is 7. The third kappa shape index (κ3) is 13.6. The summed E-state index contributed by atoms with van der Waals surface area (Å²) < 4.78 is 0. The molecule has 0 saturated heterocycles. The maximum atomic E-state index is 4.54. The summed E-state index contributed by atoms with van der Waals surface area (Å²) in [5.74, 6) is 3.96. The van der Waals surface area contributed by atoms with Crippen molar-refractivity contribution in [1.82, 2.24) is 19.9 Å². The van der Waals surface area contributed by atoms with E-state index in [2.05, 4.69) is 417 Å². The Morgan fingerprint density at radius 2 is 0.548 bits per heavy atom. The van der Waals surface area contributed by atoms with Crippen molar-refractivity contribution in [2.24, 2.45) is 0 Å². The Morgan fingerprint density at radius 1 is 0.240 bits per heavy atom. The molecule has 14 heteroatoms. The van der Waals surface area contributed by atoms with Gasteiger partial charge < -0.3 is 49.0 Å². The molecule has 14 nitrogen and oxygen atoms in total. The van der Waals surface area contributed by atoms with Crippen LogP contribution in [0.25, 0.3) is 0 Å². The molecular weight excluding hydrogens is 1280 g/mol. The lowest BCUT2D eigenvalue weighted by Gasteiger charge is -2.31. The van der Waals surface area contributed by atoms with E-state index in [1.165, 1.54) is 107 Å². The number of hydrogen-bond acceptors (Lipinski definition) is 14. The van der Waals surface area contributed by atoms with Gasteiger partial charge in [0.25, 0.3) is 0 Å². The summed E-state index contributed by atoms with van der Waals surface area (Å²) in [6.45, 7) is 28.7. The van der Waals surface area contributed by atoms with Gasteiger partial charge in [0, 0.05) is 85.7 Å². The second kappa shape index (κ2) is 30.1. The number of anilines is 17. The molecule has 17 rings (SSSR count). The smallest absolute Gasteiger partial charge is 0.178 e. The maximum Gasteiger partial charge on any atom is 0.178 e. The summed E-state index contributed by atoms with van der Waals surface area (Å²) in [4.78, 5) is 41.2. The highest BCUT2D eigenvalue weighted by Crippen LogP contribution is 2.52. The second-order valence-corrected chi connectivity index (χ2v) is 28.5. The highest BCUT2D eigenvalue weighted by atomic mass is 15.5. The molecule has 0 aliphatic carbocycles. The predicted octanol–water partition coefficient (Wildman–Crippen LogP) is 21.9. The minimum Gasteiger partial charge on any atom is -0.351 e. The number of fused-ring (bicyclic) bond motifs is 5. The molecule has 104 heavy (non-hydrogen) atoms. The van der Waals surface area contributed by atoms with E-state index in [0.717, 1.165) is 23.3 Å². The number of aromatic nitrogens is 4. The Morgan fingerprint density at radius 3 is 1.00 bits per heavy atom. The molecule has 528 valence electrons. The van der Waals surface area contributed by atoms with Gasteiger partial charge in [-0.05, 0) is 211 Å². The molecule has 5 unspecified atom stereocenters. The highest BCUT2D eigenvalue weighted by molar-refractivity contribution is 5.91. The third-order valence-corrected chi connectivity index (χ3v) is 21.0. The van der Waals surface area contributed by atoms with Gasteiger partial charge >= 0.3 is 0 Å². The topological polar surface area (TPSA) is 84.0 Å². The molecule has 3 aromatic heterocycles. The first-order valence-electron chi connectivity index (χ1n) is 36.3. The Hall–Kier alpha value is -11.6. The van der Waals surface area contributed by atoms with Gasteiger partial charge in [0.05, 0.1) is 34.1 Å². The Balaban J connectivity index is 0.000000117. The van der Waals surface area contributed by atoms with E-state index in [1.54, 1.807) is 12.4 Å². The zero-order chi connectivity index (χ0) is 73.1. The number of benzene rings is 9. The lowest BCUT2D eigenvalue weighted by molar-refractivity contribution is 0.590. The van der Waals surface area contributed by atoms with Crippen LogP contribution in [0.5, 0.6) is 0 Å². The van der Waals surface area contributed by atoms with Gasteiger partial charge in [-0.3, -0.25) is 0 Å². The van der Waals surface area contributed by atoms with Crippen molar-refractivity contribution in [3.63, 3.8) is 0 Å². The van der Waals surface area contributed by atoms with Crippen LogP contribution in [0, 0.1) is 34.6 Å². The Labute approximate surface area is 617 Å². The molecule has 9 aromatic carbocycles. The minimum atomic E-state index is 0.121. The average Bonchev–Trinajstić information content (AvgIpc) is 1.49. The van der Waals surface area contributed by atoms with Crippen LogP contribution in [-0.2, 0) is 5.41 Å². The number of nitrogens with zero attached hydrogens (tertiary/aromatic N) is 14. The summed E-state index contributed by atoms with van der Waals surface area (Å²) in [5.41, 5.74) is 24.0. The van der Waals surface area contributed by atoms with E-state index in [4.69, 9.17) is 0 Å². The van der Waals surface area contributed by atoms with Crippen LogP contribution in [-0.4, -0.2) is 71.9 Å². The summed E-state index contributed by atoms with van der Waals surface area (Å²) >= 11 is 0. The van der Waals surface area contributed by atoms with Gasteiger partial charge in [-0.2, -0.15) is 0 Å². The SMILES string of the molecule is Cc1ccccc1N1c2cc(C(C)(C)C)ccc2N(c2ccccc2)C1C.Cc1ccccc1N1c2ccccc2N(c2ccccc2)C1C.Cc1ccccc1N1c2cccnc2N(C)C1C.Cc1ccccc1N1c2ncccc2N(C)C1C.Cc1ccccc1N1c2nccnc2N(C)C1C. The van der Waals surface area contributed by atoms with Crippen LogP contribution in [0.4, 0.5) is 97.2 Å². The van der Waals surface area contributed by atoms with Gasteiger partial charge in [0.1, 0.15) is 30.8 Å². The monoisotopic (exact) mass is 1370 g/mol. The van der Waals surface area contributed by atoms with Gasteiger partial charge in [0.15, 0.2) is 23.3 Å². The predicted molar refractivity (Wildman–Crippen MR) is 438 cm³/mol. The molecule has 0 amide bonds. The fraction of sp³-hybridized carbons (Fsp3) is 0.244. The zero-order valence-electron chi connectivity index (χ0n) is 63.1.